The molecule has 0 aliphatic rings. The van der Waals surface area contributed by atoms with Crippen molar-refractivity contribution in [2.75, 3.05) is 13.1 Å². The summed E-state index contributed by atoms with van der Waals surface area (Å²) in [7, 11) is 0. The van der Waals surface area contributed by atoms with E-state index < -0.39 is 0 Å². The van der Waals surface area contributed by atoms with Gasteiger partial charge in [0.1, 0.15) is 0 Å². The van der Waals surface area contributed by atoms with Gasteiger partial charge in [-0.2, -0.15) is 0 Å². The van der Waals surface area contributed by atoms with Gasteiger partial charge in [0.2, 0.25) is 0 Å². The molecule has 0 aromatic heterocycles. The Hall–Kier alpha value is -2.30. The molecule has 0 aliphatic heterocycles. The summed E-state index contributed by atoms with van der Waals surface area (Å²) < 4.78 is 0. The average molecular weight is 414 g/mol. The lowest BCUT2D eigenvalue weighted by Gasteiger charge is -2.07. The maximum absolute atomic E-state index is 9.49. The first kappa shape index (κ1) is 20.0. The van der Waals surface area contributed by atoms with Gasteiger partial charge < -0.3 is 15.5 Å². The molecule has 0 aliphatic carbocycles. The normalized spacial score (nSPS) is 10.3. The third kappa shape index (κ3) is 5.61. The van der Waals surface area contributed by atoms with Crippen molar-refractivity contribution in [2.24, 2.45) is 0 Å². The molecule has 3 aromatic rings. The molecule has 3 aromatic carbocycles. The molecular formula is C22H24BrNO2. The van der Waals surface area contributed by atoms with Crippen LogP contribution in [0.2, 0.25) is 0 Å². The summed E-state index contributed by atoms with van der Waals surface area (Å²) in [5.41, 5.74) is 4.80. The first-order valence-electron chi connectivity index (χ1n) is 8.58. The van der Waals surface area contributed by atoms with E-state index in [4.69, 9.17) is 0 Å². The van der Waals surface area contributed by atoms with E-state index >= 15 is 0 Å². The number of phenols is 2. The summed E-state index contributed by atoms with van der Waals surface area (Å²) in [5.74, 6) is -0.133. The van der Waals surface area contributed by atoms with Crippen LogP contribution in [0.5, 0.6) is 11.5 Å². The zero-order valence-electron chi connectivity index (χ0n) is 14.6. The topological polar surface area (TPSA) is 52.5 Å². The van der Waals surface area contributed by atoms with Gasteiger partial charge in [-0.3, -0.25) is 0 Å². The number of rotatable bonds is 7. The van der Waals surface area contributed by atoms with Crippen LogP contribution in [-0.4, -0.2) is 23.3 Å². The van der Waals surface area contributed by atoms with E-state index in [1.165, 1.54) is 22.8 Å². The molecule has 0 fully saturated rings. The van der Waals surface area contributed by atoms with Crippen LogP contribution in [0.15, 0.2) is 72.8 Å². The molecule has 0 spiro atoms. The Kier molecular flexibility index (Phi) is 7.70. The number of aromatic hydroxyl groups is 2. The molecule has 0 heterocycles. The summed E-state index contributed by atoms with van der Waals surface area (Å²) in [6.45, 7) is 1.75. The van der Waals surface area contributed by atoms with Gasteiger partial charge in [-0.05, 0) is 60.3 Å². The lowest BCUT2D eigenvalue weighted by molar-refractivity contribution is 0.403. The van der Waals surface area contributed by atoms with Crippen LogP contribution in [0, 0.1) is 0 Å². The Morgan fingerprint density at radius 3 is 1.85 bits per heavy atom. The van der Waals surface area contributed by atoms with Crippen LogP contribution in [-0.2, 0) is 12.8 Å². The highest BCUT2D eigenvalue weighted by atomic mass is 79.9. The van der Waals surface area contributed by atoms with Crippen LogP contribution in [0.1, 0.15) is 11.1 Å². The first-order valence-corrected chi connectivity index (χ1v) is 8.58. The molecule has 136 valence electrons. The third-order valence-electron chi connectivity index (χ3n) is 4.28. The van der Waals surface area contributed by atoms with Gasteiger partial charge in [-0.1, -0.05) is 60.7 Å². The second-order valence-corrected chi connectivity index (χ2v) is 6.14. The van der Waals surface area contributed by atoms with Crippen molar-refractivity contribution in [3.05, 3.63) is 83.9 Å². The predicted octanol–water partition coefficient (Wildman–Crippen LogP) is 4.72. The fourth-order valence-electron chi connectivity index (χ4n) is 2.81. The fourth-order valence-corrected chi connectivity index (χ4v) is 2.81. The van der Waals surface area contributed by atoms with E-state index in [0.29, 0.717) is 0 Å². The number of hydrogen-bond donors (Lipinski definition) is 3. The average Bonchev–Trinajstić information content (AvgIpc) is 2.65. The molecule has 3 N–H and O–H groups in total. The van der Waals surface area contributed by atoms with E-state index in [1.807, 2.05) is 12.1 Å². The maximum atomic E-state index is 9.49. The van der Waals surface area contributed by atoms with Gasteiger partial charge in [0.25, 0.3) is 0 Å². The number of benzene rings is 3. The van der Waals surface area contributed by atoms with Crippen LogP contribution in [0.25, 0.3) is 11.1 Å². The number of nitrogens with one attached hydrogen (secondary N) is 1. The van der Waals surface area contributed by atoms with Crippen molar-refractivity contribution in [3.63, 3.8) is 0 Å². The SMILES string of the molecule is Br.Oc1ccc(CCNCCc2ccc(-c3ccccc3)cc2)cc1O. The minimum absolute atomic E-state index is 0. The predicted molar refractivity (Wildman–Crippen MR) is 112 cm³/mol. The highest BCUT2D eigenvalue weighted by Crippen LogP contribution is 2.24. The Morgan fingerprint density at radius 1 is 0.615 bits per heavy atom. The Balaban J connectivity index is 0.00000243. The summed E-state index contributed by atoms with van der Waals surface area (Å²) in [6, 6.07) is 24.1. The molecule has 0 radical (unpaired) electrons. The summed E-state index contributed by atoms with van der Waals surface area (Å²) in [6.07, 6.45) is 1.80. The molecule has 3 rings (SSSR count). The molecule has 26 heavy (non-hydrogen) atoms. The summed E-state index contributed by atoms with van der Waals surface area (Å²) >= 11 is 0. The van der Waals surface area contributed by atoms with Gasteiger partial charge in [-0.15, -0.1) is 17.0 Å². The fraction of sp³-hybridized carbons (Fsp3) is 0.182. The summed E-state index contributed by atoms with van der Waals surface area (Å²) in [4.78, 5) is 0. The minimum Gasteiger partial charge on any atom is -0.504 e. The molecule has 3 nitrogen and oxygen atoms in total. The number of phenolic OH excluding ortho intramolecular Hbond substituents is 2. The molecule has 0 amide bonds. The largest absolute Gasteiger partial charge is 0.504 e. The van der Waals surface area contributed by atoms with E-state index in [9.17, 15) is 10.2 Å². The lowest BCUT2D eigenvalue weighted by Crippen LogP contribution is -2.20. The van der Waals surface area contributed by atoms with Gasteiger partial charge in [-0.25, -0.2) is 0 Å². The second kappa shape index (κ2) is 10.00. The zero-order valence-corrected chi connectivity index (χ0v) is 16.3. The van der Waals surface area contributed by atoms with Crippen LogP contribution in [0.3, 0.4) is 0 Å². The van der Waals surface area contributed by atoms with Crippen LogP contribution in [0.4, 0.5) is 0 Å². The molecule has 0 atom stereocenters. The van der Waals surface area contributed by atoms with Crippen molar-refractivity contribution >= 4 is 17.0 Å². The van der Waals surface area contributed by atoms with Gasteiger partial charge in [0.05, 0.1) is 0 Å². The lowest BCUT2D eigenvalue weighted by atomic mass is 10.0. The Morgan fingerprint density at radius 2 is 1.19 bits per heavy atom. The van der Waals surface area contributed by atoms with Gasteiger partial charge >= 0.3 is 0 Å². The third-order valence-corrected chi connectivity index (χ3v) is 4.28. The smallest absolute Gasteiger partial charge is 0.157 e. The van der Waals surface area contributed by atoms with Crippen molar-refractivity contribution in [3.8, 4) is 22.6 Å². The highest BCUT2D eigenvalue weighted by Gasteiger charge is 2.01. The van der Waals surface area contributed by atoms with Gasteiger partial charge in [0, 0.05) is 0 Å². The molecule has 0 saturated carbocycles. The van der Waals surface area contributed by atoms with Crippen molar-refractivity contribution in [1.29, 1.82) is 0 Å². The Bertz CT molecular complexity index is 804. The maximum Gasteiger partial charge on any atom is 0.157 e. The first-order chi connectivity index (χ1) is 12.2. The van der Waals surface area contributed by atoms with Crippen LogP contribution < -0.4 is 5.32 Å². The number of hydrogen-bond acceptors (Lipinski definition) is 3. The second-order valence-electron chi connectivity index (χ2n) is 6.14. The van der Waals surface area contributed by atoms with E-state index in [-0.39, 0.29) is 28.5 Å². The van der Waals surface area contributed by atoms with E-state index in [1.54, 1.807) is 6.07 Å². The minimum atomic E-state index is -0.0735. The quantitative estimate of drug-likeness (QED) is 0.388. The van der Waals surface area contributed by atoms with Crippen molar-refractivity contribution in [2.45, 2.75) is 12.8 Å². The number of halogens is 1. The molecule has 0 unspecified atom stereocenters. The molecule has 0 bridgehead atoms. The van der Waals surface area contributed by atoms with E-state index in [2.05, 4.69) is 53.8 Å². The van der Waals surface area contributed by atoms with Crippen LogP contribution >= 0.6 is 17.0 Å². The zero-order chi connectivity index (χ0) is 17.5. The monoisotopic (exact) mass is 413 g/mol. The molecular weight excluding hydrogens is 390 g/mol. The van der Waals surface area contributed by atoms with Crippen molar-refractivity contribution < 1.29 is 10.2 Å². The summed E-state index contributed by atoms with van der Waals surface area (Å²) in [5, 5.41) is 22.2. The standard InChI is InChI=1S/C22H23NO2.BrH/c24-21-11-8-18(16-22(21)25)13-15-23-14-12-17-6-9-20(10-7-17)19-4-2-1-3-5-19;/h1-11,16,23-25H,12-15H2;1H. The van der Waals surface area contributed by atoms with Gasteiger partial charge in [0.15, 0.2) is 11.5 Å². The van der Waals surface area contributed by atoms with Crippen molar-refractivity contribution in [1.82, 2.24) is 5.32 Å². The van der Waals surface area contributed by atoms with E-state index in [0.717, 1.165) is 31.5 Å². The molecule has 0 saturated heterocycles. The highest BCUT2D eigenvalue weighted by molar-refractivity contribution is 8.93. The Labute approximate surface area is 165 Å². The molecule has 4 heteroatoms.